The van der Waals surface area contributed by atoms with Gasteiger partial charge in [-0.05, 0) is 26.0 Å². The second-order valence-electron chi connectivity index (χ2n) is 3.61. The molecule has 0 aromatic carbocycles. The molecule has 2 N–H and O–H groups in total. The van der Waals surface area contributed by atoms with E-state index < -0.39 is 0 Å². The minimum Gasteiger partial charge on any atom is -0.464 e. The van der Waals surface area contributed by atoms with Crippen molar-refractivity contribution in [1.29, 1.82) is 0 Å². The SMILES string of the molecule is Cc1ccc([C@H](C)NC(=O)Nc2nccs2)o1. The maximum Gasteiger partial charge on any atom is 0.321 e. The van der Waals surface area contributed by atoms with E-state index in [-0.39, 0.29) is 12.1 Å². The number of nitrogens with one attached hydrogen (secondary N) is 2. The minimum atomic E-state index is -0.290. The number of carbonyl (C=O) groups excluding carboxylic acids is 1. The highest BCUT2D eigenvalue weighted by molar-refractivity contribution is 7.13. The normalized spacial score (nSPS) is 12.1. The number of thiazole rings is 1. The number of urea groups is 1. The van der Waals surface area contributed by atoms with Gasteiger partial charge in [-0.2, -0.15) is 0 Å². The molecule has 2 amide bonds. The molecule has 0 bridgehead atoms. The molecule has 6 heteroatoms. The molecule has 2 aromatic rings. The highest BCUT2D eigenvalue weighted by Crippen LogP contribution is 2.16. The van der Waals surface area contributed by atoms with Crippen molar-refractivity contribution in [2.75, 3.05) is 5.32 Å². The van der Waals surface area contributed by atoms with Gasteiger partial charge in [0.15, 0.2) is 5.13 Å². The first-order chi connectivity index (χ1) is 8.15. The van der Waals surface area contributed by atoms with E-state index in [2.05, 4.69) is 15.6 Å². The molecule has 0 saturated carbocycles. The van der Waals surface area contributed by atoms with Crippen LogP contribution in [0, 0.1) is 6.92 Å². The summed E-state index contributed by atoms with van der Waals surface area (Å²) in [6.07, 6.45) is 1.64. The largest absolute Gasteiger partial charge is 0.464 e. The van der Waals surface area contributed by atoms with Gasteiger partial charge in [-0.15, -0.1) is 11.3 Å². The fraction of sp³-hybridized carbons (Fsp3) is 0.273. The van der Waals surface area contributed by atoms with Crippen molar-refractivity contribution in [3.63, 3.8) is 0 Å². The van der Waals surface area contributed by atoms with E-state index in [9.17, 15) is 4.79 Å². The number of aryl methyl sites for hydroxylation is 1. The van der Waals surface area contributed by atoms with Gasteiger partial charge in [0.2, 0.25) is 0 Å². The summed E-state index contributed by atoms with van der Waals surface area (Å²) in [5.74, 6) is 1.56. The molecule has 0 radical (unpaired) electrons. The highest BCUT2D eigenvalue weighted by Gasteiger charge is 2.13. The van der Waals surface area contributed by atoms with Crippen LogP contribution in [0.5, 0.6) is 0 Å². The molecular formula is C11H13N3O2S. The molecule has 5 nitrogen and oxygen atoms in total. The molecule has 0 aliphatic heterocycles. The van der Waals surface area contributed by atoms with Crippen LogP contribution in [0.25, 0.3) is 0 Å². The summed E-state index contributed by atoms with van der Waals surface area (Å²) in [7, 11) is 0. The summed E-state index contributed by atoms with van der Waals surface area (Å²) >= 11 is 1.37. The minimum absolute atomic E-state index is 0.177. The average Bonchev–Trinajstić information content (AvgIpc) is 2.89. The molecule has 0 spiro atoms. The Kier molecular flexibility index (Phi) is 3.43. The summed E-state index contributed by atoms with van der Waals surface area (Å²) in [5.41, 5.74) is 0. The van der Waals surface area contributed by atoms with Gasteiger partial charge in [0, 0.05) is 11.6 Å². The van der Waals surface area contributed by atoms with Crippen LogP contribution in [0.3, 0.4) is 0 Å². The number of rotatable bonds is 3. The van der Waals surface area contributed by atoms with Gasteiger partial charge < -0.3 is 9.73 Å². The smallest absolute Gasteiger partial charge is 0.321 e. The molecule has 0 fully saturated rings. The fourth-order valence-electron chi connectivity index (χ4n) is 1.37. The van der Waals surface area contributed by atoms with Crippen LogP contribution in [0.15, 0.2) is 28.1 Å². The van der Waals surface area contributed by atoms with E-state index in [1.54, 1.807) is 11.6 Å². The van der Waals surface area contributed by atoms with Crippen molar-refractivity contribution in [2.45, 2.75) is 19.9 Å². The third kappa shape index (κ3) is 3.07. The van der Waals surface area contributed by atoms with Gasteiger partial charge in [-0.25, -0.2) is 9.78 Å². The molecular weight excluding hydrogens is 238 g/mol. The highest BCUT2D eigenvalue weighted by atomic mass is 32.1. The van der Waals surface area contributed by atoms with Crippen molar-refractivity contribution >= 4 is 22.5 Å². The molecule has 2 heterocycles. The van der Waals surface area contributed by atoms with E-state index >= 15 is 0 Å². The van der Waals surface area contributed by atoms with E-state index in [0.29, 0.717) is 5.13 Å². The Hall–Kier alpha value is -1.82. The summed E-state index contributed by atoms with van der Waals surface area (Å²) in [4.78, 5) is 15.6. The third-order valence-corrected chi connectivity index (χ3v) is 2.88. The van der Waals surface area contributed by atoms with E-state index in [1.165, 1.54) is 11.3 Å². The lowest BCUT2D eigenvalue weighted by atomic mass is 10.2. The molecule has 0 aliphatic carbocycles. The fourth-order valence-corrected chi connectivity index (χ4v) is 1.90. The van der Waals surface area contributed by atoms with Gasteiger partial charge in [0.1, 0.15) is 11.5 Å². The molecule has 0 saturated heterocycles. The molecule has 0 aliphatic rings. The van der Waals surface area contributed by atoms with Gasteiger partial charge in [0.25, 0.3) is 0 Å². The zero-order chi connectivity index (χ0) is 12.3. The predicted octanol–water partition coefficient (Wildman–Crippen LogP) is 2.93. The van der Waals surface area contributed by atoms with Crippen LogP contribution >= 0.6 is 11.3 Å². The van der Waals surface area contributed by atoms with Crippen LogP contribution in [-0.2, 0) is 0 Å². The molecule has 1 atom stereocenters. The molecule has 90 valence electrons. The number of furan rings is 1. The van der Waals surface area contributed by atoms with Crippen LogP contribution in [0.4, 0.5) is 9.93 Å². The summed E-state index contributed by atoms with van der Waals surface area (Å²) in [5, 5.41) is 7.79. The van der Waals surface area contributed by atoms with Crippen molar-refractivity contribution in [1.82, 2.24) is 10.3 Å². The first kappa shape index (κ1) is 11.7. The average molecular weight is 251 g/mol. The lowest BCUT2D eigenvalue weighted by molar-refractivity contribution is 0.247. The topological polar surface area (TPSA) is 67.2 Å². The zero-order valence-electron chi connectivity index (χ0n) is 9.56. The summed E-state index contributed by atoms with van der Waals surface area (Å²) in [6, 6.07) is 3.25. The molecule has 0 unspecified atom stereocenters. The van der Waals surface area contributed by atoms with E-state index in [0.717, 1.165) is 11.5 Å². The Bertz CT molecular complexity index is 493. The third-order valence-electron chi connectivity index (χ3n) is 2.19. The van der Waals surface area contributed by atoms with Gasteiger partial charge in [-0.1, -0.05) is 0 Å². The van der Waals surface area contributed by atoms with Gasteiger partial charge >= 0.3 is 6.03 Å². The first-order valence-electron chi connectivity index (χ1n) is 5.18. The Morgan fingerprint density at radius 1 is 1.53 bits per heavy atom. The van der Waals surface area contributed by atoms with Gasteiger partial charge in [0.05, 0.1) is 6.04 Å². The van der Waals surface area contributed by atoms with Crippen LogP contribution < -0.4 is 10.6 Å². The number of hydrogen-bond donors (Lipinski definition) is 2. The predicted molar refractivity (Wildman–Crippen MR) is 66.1 cm³/mol. The van der Waals surface area contributed by atoms with Crippen LogP contribution in [0.1, 0.15) is 24.5 Å². The van der Waals surface area contributed by atoms with E-state index in [1.807, 2.05) is 26.0 Å². The van der Waals surface area contributed by atoms with Gasteiger partial charge in [-0.3, -0.25) is 5.32 Å². The Morgan fingerprint density at radius 2 is 2.35 bits per heavy atom. The standard InChI is InChI=1S/C11H13N3O2S/c1-7-3-4-9(16-7)8(2)13-10(15)14-11-12-5-6-17-11/h3-6,8H,1-2H3,(H2,12,13,14,15)/t8-/m0/s1. The molecule has 2 rings (SSSR count). The van der Waals surface area contributed by atoms with Crippen molar-refractivity contribution in [3.05, 3.63) is 35.2 Å². The lowest BCUT2D eigenvalue weighted by Crippen LogP contribution is -2.30. The first-order valence-corrected chi connectivity index (χ1v) is 6.06. The number of anilines is 1. The molecule has 2 aromatic heterocycles. The van der Waals surface area contributed by atoms with Crippen molar-refractivity contribution in [2.24, 2.45) is 0 Å². The van der Waals surface area contributed by atoms with Crippen LogP contribution in [0.2, 0.25) is 0 Å². The van der Waals surface area contributed by atoms with Crippen LogP contribution in [-0.4, -0.2) is 11.0 Å². The number of amides is 2. The summed E-state index contributed by atoms with van der Waals surface area (Å²) < 4.78 is 5.43. The van der Waals surface area contributed by atoms with E-state index in [4.69, 9.17) is 4.42 Å². The second kappa shape index (κ2) is 5.01. The van der Waals surface area contributed by atoms with Crippen molar-refractivity contribution in [3.8, 4) is 0 Å². The maximum atomic E-state index is 11.6. The zero-order valence-corrected chi connectivity index (χ0v) is 10.4. The monoisotopic (exact) mass is 251 g/mol. The molecule has 17 heavy (non-hydrogen) atoms. The maximum absolute atomic E-state index is 11.6. The number of nitrogens with zero attached hydrogens (tertiary/aromatic N) is 1. The Labute approximate surface area is 103 Å². The number of aromatic nitrogens is 1. The quantitative estimate of drug-likeness (QED) is 0.881. The lowest BCUT2D eigenvalue weighted by Gasteiger charge is -2.11. The number of carbonyl (C=O) groups is 1. The second-order valence-corrected chi connectivity index (χ2v) is 4.50. The Morgan fingerprint density at radius 3 is 2.94 bits per heavy atom. The Balaban J connectivity index is 1.90. The number of hydrogen-bond acceptors (Lipinski definition) is 4. The van der Waals surface area contributed by atoms with Crippen molar-refractivity contribution < 1.29 is 9.21 Å². The summed E-state index contributed by atoms with van der Waals surface area (Å²) in [6.45, 7) is 3.73.